The smallest absolute Gasteiger partial charge is 0.264 e. The summed E-state index contributed by atoms with van der Waals surface area (Å²) >= 11 is 6.31. The molecule has 8 heteroatoms. The number of carbonyl (C=O) groups excluding carboxylic acids is 1. The second-order valence-corrected chi connectivity index (χ2v) is 11.5. The molecule has 0 fully saturated rings. The van der Waals surface area contributed by atoms with Crippen LogP contribution in [0.2, 0.25) is 5.02 Å². The molecule has 39 heavy (non-hydrogen) atoms. The molecule has 0 atom stereocenters. The van der Waals surface area contributed by atoms with Crippen molar-refractivity contribution in [2.75, 3.05) is 10.8 Å². The van der Waals surface area contributed by atoms with Gasteiger partial charge < -0.3 is 0 Å². The van der Waals surface area contributed by atoms with Crippen LogP contribution in [0.25, 0.3) is 21.5 Å². The number of halogens is 1. The Morgan fingerprint density at radius 1 is 0.872 bits per heavy atom. The number of nitrogens with zero attached hydrogens (tertiary/aromatic N) is 2. The van der Waals surface area contributed by atoms with Crippen LogP contribution < -0.4 is 9.73 Å². The second-order valence-electron chi connectivity index (χ2n) is 9.23. The van der Waals surface area contributed by atoms with Crippen LogP contribution in [-0.2, 0) is 14.8 Å². The summed E-state index contributed by atoms with van der Waals surface area (Å²) < 4.78 is 28.5. The van der Waals surface area contributed by atoms with Gasteiger partial charge in [0.15, 0.2) is 0 Å². The molecule has 0 aromatic heterocycles. The lowest BCUT2D eigenvalue weighted by atomic mass is 9.97. The molecule has 0 saturated carbocycles. The number of nitrogens with one attached hydrogen (secondary N) is 1. The quantitative estimate of drug-likeness (QED) is 0.139. The molecular weight excluding hydrogens is 530 g/mol. The fraction of sp³-hybridized carbons (Fsp3) is 0.0968. The highest BCUT2D eigenvalue weighted by molar-refractivity contribution is 7.92. The van der Waals surface area contributed by atoms with Crippen LogP contribution in [0, 0.1) is 13.8 Å². The van der Waals surface area contributed by atoms with Gasteiger partial charge >= 0.3 is 0 Å². The fourth-order valence-electron chi connectivity index (χ4n) is 4.53. The predicted octanol–water partition coefficient (Wildman–Crippen LogP) is 6.61. The van der Waals surface area contributed by atoms with Crippen LogP contribution in [-0.4, -0.2) is 27.1 Å². The minimum atomic E-state index is -4.08. The van der Waals surface area contributed by atoms with E-state index in [-0.39, 0.29) is 4.90 Å². The van der Waals surface area contributed by atoms with Crippen molar-refractivity contribution >= 4 is 61.0 Å². The standard InChI is InChI=1S/C31H26ClN3O3S/c1-21-14-16-25(17-15-21)39(37,38)35(30-13-7-12-29(32)22(30)2)20-31(36)34-33-19-28-26-10-5-3-8-23(26)18-24-9-4-6-11-27(24)28/h3-19H,20H2,1-2H3,(H,34,36)/b33-19-. The Balaban J connectivity index is 1.47. The highest BCUT2D eigenvalue weighted by Crippen LogP contribution is 2.31. The van der Waals surface area contributed by atoms with Crippen molar-refractivity contribution in [2.24, 2.45) is 5.10 Å². The SMILES string of the molecule is Cc1ccc(S(=O)(=O)N(CC(=O)N/N=C\c2c3ccccc3cc3ccccc23)c2cccc(Cl)c2C)cc1. The number of rotatable bonds is 7. The number of hydrazone groups is 1. The zero-order valence-corrected chi connectivity index (χ0v) is 23.0. The third-order valence-electron chi connectivity index (χ3n) is 6.60. The molecule has 5 aromatic carbocycles. The number of hydrogen-bond donors (Lipinski definition) is 1. The van der Waals surface area contributed by atoms with E-state index in [1.807, 2.05) is 55.5 Å². The van der Waals surface area contributed by atoms with E-state index in [0.29, 0.717) is 16.3 Å². The molecule has 0 aliphatic rings. The van der Waals surface area contributed by atoms with Gasteiger partial charge in [0.25, 0.3) is 15.9 Å². The summed E-state index contributed by atoms with van der Waals surface area (Å²) in [6.07, 6.45) is 1.60. The summed E-state index contributed by atoms with van der Waals surface area (Å²) in [6.45, 7) is 3.11. The van der Waals surface area contributed by atoms with E-state index in [9.17, 15) is 13.2 Å². The Hall–Kier alpha value is -4.20. The first-order valence-electron chi connectivity index (χ1n) is 12.3. The molecule has 0 aliphatic heterocycles. The number of benzene rings is 5. The van der Waals surface area contributed by atoms with Crippen LogP contribution in [0.5, 0.6) is 0 Å². The maximum Gasteiger partial charge on any atom is 0.264 e. The summed E-state index contributed by atoms with van der Waals surface area (Å²) in [6, 6.07) is 29.5. The first kappa shape index (κ1) is 26.4. The zero-order valence-electron chi connectivity index (χ0n) is 21.4. The number of carbonyl (C=O) groups is 1. The van der Waals surface area contributed by atoms with Crippen molar-refractivity contribution in [3.63, 3.8) is 0 Å². The molecule has 0 spiro atoms. The van der Waals surface area contributed by atoms with Crippen LogP contribution in [0.4, 0.5) is 5.69 Å². The zero-order chi connectivity index (χ0) is 27.6. The van der Waals surface area contributed by atoms with Gasteiger partial charge in [-0.25, -0.2) is 13.8 Å². The minimum Gasteiger partial charge on any atom is -0.271 e. The molecule has 6 nitrogen and oxygen atoms in total. The largest absolute Gasteiger partial charge is 0.271 e. The van der Waals surface area contributed by atoms with E-state index < -0.39 is 22.5 Å². The first-order chi connectivity index (χ1) is 18.8. The molecule has 196 valence electrons. The molecule has 0 bridgehead atoms. The maximum atomic E-state index is 13.7. The number of sulfonamides is 1. The average Bonchev–Trinajstić information content (AvgIpc) is 2.93. The molecule has 5 aromatic rings. The molecule has 0 saturated heterocycles. The van der Waals surface area contributed by atoms with E-state index in [1.165, 1.54) is 12.1 Å². The normalized spacial score (nSPS) is 11.8. The van der Waals surface area contributed by atoms with Crippen LogP contribution in [0.3, 0.4) is 0 Å². The number of aryl methyl sites for hydroxylation is 1. The van der Waals surface area contributed by atoms with Crippen molar-refractivity contribution < 1.29 is 13.2 Å². The Bertz CT molecular complexity index is 1780. The van der Waals surface area contributed by atoms with Crippen molar-refractivity contribution in [1.82, 2.24) is 5.43 Å². The summed E-state index contributed by atoms with van der Waals surface area (Å²) in [5.74, 6) is -0.592. The summed E-state index contributed by atoms with van der Waals surface area (Å²) in [7, 11) is -4.08. The highest BCUT2D eigenvalue weighted by Gasteiger charge is 2.28. The Morgan fingerprint density at radius 3 is 2.13 bits per heavy atom. The van der Waals surface area contributed by atoms with E-state index in [4.69, 9.17) is 11.6 Å². The summed E-state index contributed by atoms with van der Waals surface area (Å²) in [5.41, 5.74) is 5.17. The Labute approximate surface area is 232 Å². The summed E-state index contributed by atoms with van der Waals surface area (Å²) in [4.78, 5) is 13.2. The number of hydrogen-bond acceptors (Lipinski definition) is 4. The van der Waals surface area contributed by atoms with Gasteiger partial charge in [0, 0.05) is 10.6 Å². The van der Waals surface area contributed by atoms with Gasteiger partial charge in [-0.3, -0.25) is 9.10 Å². The second kappa shape index (κ2) is 10.9. The van der Waals surface area contributed by atoms with Crippen LogP contribution in [0.15, 0.2) is 107 Å². The molecule has 0 aliphatic carbocycles. The monoisotopic (exact) mass is 555 g/mol. The molecule has 0 unspecified atom stereocenters. The van der Waals surface area contributed by atoms with Gasteiger partial charge in [0.05, 0.1) is 16.8 Å². The van der Waals surface area contributed by atoms with Gasteiger partial charge in [0.2, 0.25) is 0 Å². The molecule has 1 amide bonds. The van der Waals surface area contributed by atoms with Crippen molar-refractivity contribution in [3.05, 3.63) is 119 Å². The van der Waals surface area contributed by atoms with Gasteiger partial charge in [-0.2, -0.15) is 5.10 Å². The molecule has 5 rings (SSSR count). The number of amides is 1. The lowest BCUT2D eigenvalue weighted by Gasteiger charge is -2.25. The minimum absolute atomic E-state index is 0.0750. The molecule has 1 N–H and O–H groups in total. The third kappa shape index (κ3) is 5.37. The summed E-state index contributed by atoms with van der Waals surface area (Å²) in [5, 5.41) is 8.71. The van der Waals surface area contributed by atoms with Crippen LogP contribution >= 0.6 is 11.6 Å². The Morgan fingerprint density at radius 2 is 1.49 bits per heavy atom. The van der Waals surface area contributed by atoms with Gasteiger partial charge in [0.1, 0.15) is 6.54 Å². The topological polar surface area (TPSA) is 78.8 Å². The first-order valence-corrected chi connectivity index (χ1v) is 14.1. The van der Waals surface area contributed by atoms with E-state index in [1.54, 1.807) is 43.5 Å². The maximum absolute atomic E-state index is 13.7. The number of fused-ring (bicyclic) bond motifs is 2. The van der Waals surface area contributed by atoms with Crippen molar-refractivity contribution in [3.8, 4) is 0 Å². The Kier molecular flexibility index (Phi) is 7.37. The fourth-order valence-corrected chi connectivity index (χ4v) is 6.17. The van der Waals surface area contributed by atoms with E-state index in [0.717, 1.165) is 37.0 Å². The highest BCUT2D eigenvalue weighted by atomic mass is 35.5. The number of anilines is 1. The van der Waals surface area contributed by atoms with Gasteiger partial charge in [-0.05, 0) is 71.3 Å². The van der Waals surface area contributed by atoms with E-state index in [2.05, 4.69) is 16.6 Å². The van der Waals surface area contributed by atoms with Gasteiger partial charge in [-0.1, -0.05) is 83.9 Å². The average molecular weight is 556 g/mol. The van der Waals surface area contributed by atoms with Gasteiger partial charge in [-0.15, -0.1) is 0 Å². The molecular formula is C31H26ClN3O3S. The lowest BCUT2D eigenvalue weighted by molar-refractivity contribution is -0.119. The molecule has 0 heterocycles. The van der Waals surface area contributed by atoms with E-state index >= 15 is 0 Å². The van der Waals surface area contributed by atoms with Crippen LogP contribution in [0.1, 0.15) is 16.7 Å². The lowest BCUT2D eigenvalue weighted by Crippen LogP contribution is -2.40. The predicted molar refractivity (Wildman–Crippen MR) is 159 cm³/mol. The van der Waals surface area contributed by atoms with Crippen molar-refractivity contribution in [2.45, 2.75) is 18.7 Å². The molecule has 0 radical (unpaired) electrons. The third-order valence-corrected chi connectivity index (χ3v) is 8.78. The van der Waals surface area contributed by atoms with Crippen molar-refractivity contribution in [1.29, 1.82) is 0 Å².